The smallest absolute Gasteiger partial charge is 0.149 e. The Morgan fingerprint density at radius 1 is 1.25 bits per heavy atom. The average molecular weight is 414 g/mol. The lowest BCUT2D eigenvalue weighted by molar-refractivity contribution is 0.122. The Hall–Kier alpha value is -2.95. The molecule has 0 bridgehead atoms. The van der Waals surface area contributed by atoms with E-state index in [0.717, 1.165) is 5.82 Å². The van der Waals surface area contributed by atoms with E-state index in [1.54, 1.807) is 30.6 Å². The number of anilines is 1. The van der Waals surface area contributed by atoms with Gasteiger partial charge in [0.2, 0.25) is 0 Å². The molecule has 140 valence electrons. The summed E-state index contributed by atoms with van der Waals surface area (Å²) in [6.45, 7) is 2.65. The second kappa shape index (κ2) is 7.58. The van der Waals surface area contributed by atoms with Gasteiger partial charge in [-0.2, -0.15) is 5.26 Å². The molecule has 1 aliphatic rings. The minimum absolute atomic E-state index is 0.160. The second-order valence-corrected chi connectivity index (χ2v) is 6.94. The van der Waals surface area contributed by atoms with Gasteiger partial charge in [0.15, 0.2) is 0 Å². The SMILES string of the molecule is N#Cc1c(-c2ccc(Cl)cc2Cl)cn2c(N3CCOCC3)cnc2c1N=[N+]=[N-]. The topological polar surface area (TPSA) is 102 Å². The number of azide groups is 1. The molecule has 1 aromatic carbocycles. The Kier molecular flexibility index (Phi) is 4.99. The van der Waals surface area contributed by atoms with Crippen molar-refractivity contribution in [2.45, 2.75) is 0 Å². The van der Waals surface area contributed by atoms with Gasteiger partial charge >= 0.3 is 0 Å². The standard InChI is InChI=1S/C18H13Cl2N7O/c19-11-1-2-12(15(20)7-11)14-10-27-16(26-3-5-28-6-4-26)9-23-18(27)17(24-25-22)13(14)8-21/h1-2,7,9-10H,3-6H2. The maximum absolute atomic E-state index is 9.78. The number of ether oxygens (including phenoxy) is 1. The largest absolute Gasteiger partial charge is 0.378 e. The lowest BCUT2D eigenvalue weighted by atomic mass is 10.0. The summed E-state index contributed by atoms with van der Waals surface area (Å²) in [6.07, 6.45) is 3.49. The highest BCUT2D eigenvalue weighted by Gasteiger charge is 2.22. The van der Waals surface area contributed by atoms with E-state index < -0.39 is 0 Å². The van der Waals surface area contributed by atoms with Crippen LogP contribution in [0.3, 0.4) is 0 Å². The molecule has 0 aliphatic carbocycles. The van der Waals surface area contributed by atoms with Crippen molar-refractivity contribution in [2.75, 3.05) is 31.2 Å². The van der Waals surface area contributed by atoms with Crippen LogP contribution in [0.1, 0.15) is 5.56 Å². The molecule has 0 radical (unpaired) electrons. The maximum Gasteiger partial charge on any atom is 0.149 e. The fourth-order valence-corrected chi connectivity index (χ4v) is 3.79. The van der Waals surface area contributed by atoms with Crippen molar-refractivity contribution in [3.05, 3.63) is 56.6 Å². The van der Waals surface area contributed by atoms with Crippen LogP contribution in [0, 0.1) is 11.3 Å². The van der Waals surface area contributed by atoms with Gasteiger partial charge in [0.05, 0.1) is 30.7 Å². The highest BCUT2D eigenvalue weighted by atomic mass is 35.5. The summed E-state index contributed by atoms with van der Waals surface area (Å²) in [5.74, 6) is 0.823. The fourth-order valence-electron chi connectivity index (χ4n) is 3.28. The van der Waals surface area contributed by atoms with E-state index in [4.69, 9.17) is 33.5 Å². The van der Waals surface area contributed by atoms with Gasteiger partial charge in [-0.15, -0.1) is 0 Å². The maximum atomic E-state index is 9.78. The summed E-state index contributed by atoms with van der Waals surface area (Å²) in [6, 6.07) is 7.16. The van der Waals surface area contributed by atoms with Crippen LogP contribution in [0.4, 0.5) is 11.5 Å². The third kappa shape index (κ3) is 3.11. The number of imidazole rings is 1. The van der Waals surface area contributed by atoms with Gasteiger partial charge < -0.3 is 9.64 Å². The molecule has 28 heavy (non-hydrogen) atoms. The third-order valence-corrected chi connectivity index (χ3v) is 5.11. The van der Waals surface area contributed by atoms with Crippen molar-refractivity contribution in [1.82, 2.24) is 9.38 Å². The molecular formula is C18H13Cl2N7O. The van der Waals surface area contributed by atoms with Crippen molar-refractivity contribution in [2.24, 2.45) is 5.11 Å². The third-order valence-electron chi connectivity index (χ3n) is 4.57. The van der Waals surface area contributed by atoms with Crippen molar-refractivity contribution in [3.63, 3.8) is 0 Å². The Labute approximate surface area is 170 Å². The van der Waals surface area contributed by atoms with Crippen LogP contribution in [0.25, 0.3) is 27.2 Å². The van der Waals surface area contributed by atoms with Gasteiger partial charge in [-0.05, 0) is 17.7 Å². The van der Waals surface area contributed by atoms with E-state index >= 15 is 0 Å². The number of benzene rings is 1. The van der Waals surface area contributed by atoms with Gasteiger partial charge in [-0.3, -0.25) is 4.40 Å². The first-order chi connectivity index (χ1) is 13.6. The number of morpholine rings is 1. The van der Waals surface area contributed by atoms with Crippen LogP contribution in [0.15, 0.2) is 35.7 Å². The van der Waals surface area contributed by atoms with E-state index in [9.17, 15) is 5.26 Å². The molecule has 2 aromatic heterocycles. The van der Waals surface area contributed by atoms with Gasteiger partial charge in [0, 0.05) is 45.4 Å². The summed E-state index contributed by atoms with van der Waals surface area (Å²) in [5, 5.41) is 14.4. The van der Waals surface area contributed by atoms with Crippen LogP contribution in [-0.2, 0) is 4.74 Å². The minimum atomic E-state index is 0.160. The van der Waals surface area contributed by atoms with E-state index in [2.05, 4.69) is 26.0 Å². The predicted octanol–water partition coefficient (Wildman–Crippen LogP) is 4.96. The number of hydrogen-bond acceptors (Lipinski definition) is 5. The van der Waals surface area contributed by atoms with Crippen LogP contribution in [0.2, 0.25) is 10.0 Å². The first-order valence-electron chi connectivity index (χ1n) is 8.41. The first-order valence-corrected chi connectivity index (χ1v) is 9.17. The number of nitriles is 1. The Morgan fingerprint density at radius 3 is 2.71 bits per heavy atom. The summed E-state index contributed by atoms with van der Waals surface area (Å²) in [4.78, 5) is 9.42. The van der Waals surface area contributed by atoms with Crippen molar-refractivity contribution < 1.29 is 4.74 Å². The van der Waals surface area contributed by atoms with Crippen LogP contribution < -0.4 is 4.90 Å². The highest BCUT2D eigenvalue weighted by molar-refractivity contribution is 6.36. The molecule has 0 N–H and O–H groups in total. The molecule has 3 heterocycles. The molecule has 8 nitrogen and oxygen atoms in total. The Bertz CT molecular complexity index is 1150. The van der Waals surface area contributed by atoms with E-state index in [-0.39, 0.29) is 11.3 Å². The zero-order valence-corrected chi connectivity index (χ0v) is 16.0. The fraction of sp³-hybridized carbons (Fsp3) is 0.222. The monoisotopic (exact) mass is 413 g/mol. The van der Waals surface area contributed by atoms with Crippen LogP contribution in [0.5, 0.6) is 0 Å². The van der Waals surface area contributed by atoms with E-state index in [1.165, 1.54) is 0 Å². The summed E-state index contributed by atoms with van der Waals surface area (Å²) in [5.41, 5.74) is 11.0. The molecule has 0 unspecified atom stereocenters. The molecule has 1 aliphatic heterocycles. The molecule has 0 saturated carbocycles. The number of hydrogen-bond donors (Lipinski definition) is 0. The Balaban J connectivity index is 2.03. The summed E-state index contributed by atoms with van der Waals surface area (Å²) in [7, 11) is 0. The summed E-state index contributed by atoms with van der Waals surface area (Å²) >= 11 is 12.4. The van der Waals surface area contributed by atoms with E-state index in [0.29, 0.717) is 53.1 Å². The van der Waals surface area contributed by atoms with Gasteiger partial charge in [0.1, 0.15) is 17.5 Å². The number of fused-ring (bicyclic) bond motifs is 1. The number of nitrogens with zero attached hydrogens (tertiary/aromatic N) is 7. The Morgan fingerprint density at radius 2 is 2.04 bits per heavy atom. The van der Waals surface area contributed by atoms with Crippen molar-refractivity contribution in [3.8, 4) is 17.2 Å². The average Bonchev–Trinajstić information content (AvgIpc) is 3.12. The van der Waals surface area contributed by atoms with Crippen LogP contribution >= 0.6 is 23.2 Å². The molecule has 0 atom stereocenters. The summed E-state index contributed by atoms with van der Waals surface area (Å²) < 4.78 is 7.23. The molecule has 1 fully saturated rings. The van der Waals surface area contributed by atoms with Gasteiger partial charge in [-0.25, -0.2) is 4.98 Å². The quantitative estimate of drug-likeness (QED) is 0.343. The van der Waals surface area contributed by atoms with Crippen LogP contribution in [-0.4, -0.2) is 35.7 Å². The zero-order chi connectivity index (χ0) is 19.7. The molecule has 0 spiro atoms. The molecule has 10 heteroatoms. The second-order valence-electron chi connectivity index (χ2n) is 6.10. The first kappa shape index (κ1) is 18.4. The van der Waals surface area contributed by atoms with Crippen molar-refractivity contribution in [1.29, 1.82) is 5.26 Å². The normalized spacial score (nSPS) is 14.0. The van der Waals surface area contributed by atoms with Gasteiger partial charge in [0.25, 0.3) is 0 Å². The molecule has 3 aromatic rings. The lowest BCUT2D eigenvalue weighted by Crippen LogP contribution is -2.36. The highest BCUT2D eigenvalue weighted by Crippen LogP contribution is 2.39. The van der Waals surface area contributed by atoms with Gasteiger partial charge in [-0.1, -0.05) is 34.4 Å². The number of aromatic nitrogens is 2. The molecular weight excluding hydrogens is 401 g/mol. The zero-order valence-electron chi connectivity index (χ0n) is 14.5. The molecule has 0 amide bonds. The lowest BCUT2D eigenvalue weighted by Gasteiger charge is -2.28. The van der Waals surface area contributed by atoms with Crippen molar-refractivity contribution >= 4 is 40.4 Å². The number of halogens is 2. The van der Waals surface area contributed by atoms with E-state index in [1.807, 2.05) is 4.40 Å². The number of rotatable bonds is 3. The number of pyridine rings is 1. The predicted molar refractivity (Wildman–Crippen MR) is 107 cm³/mol. The molecule has 1 saturated heterocycles. The minimum Gasteiger partial charge on any atom is -0.378 e. The molecule has 4 rings (SSSR count).